The van der Waals surface area contributed by atoms with Gasteiger partial charge in [-0.15, -0.1) is 0 Å². The number of carbonyl (C=O) groups excluding carboxylic acids is 1. The molecule has 6 rings (SSSR count). The van der Waals surface area contributed by atoms with E-state index in [1.165, 1.54) is 6.07 Å². The summed E-state index contributed by atoms with van der Waals surface area (Å²) in [6.07, 6.45) is 5.39. The highest BCUT2D eigenvalue weighted by molar-refractivity contribution is 9.10. The van der Waals surface area contributed by atoms with Gasteiger partial charge in [-0.2, -0.15) is 4.98 Å². The molecule has 1 aliphatic carbocycles. The van der Waals surface area contributed by atoms with E-state index in [4.69, 9.17) is 9.47 Å². The first-order valence-electron chi connectivity index (χ1n) is 13.4. The van der Waals surface area contributed by atoms with Gasteiger partial charge < -0.3 is 29.5 Å². The molecule has 1 spiro atoms. The van der Waals surface area contributed by atoms with Gasteiger partial charge in [0.05, 0.1) is 40.3 Å². The molecule has 0 atom stereocenters. The van der Waals surface area contributed by atoms with Crippen LogP contribution in [0.15, 0.2) is 41.0 Å². The Balaban J connectivity index is 1.24. The molecule has 3 aliphatic rings. The molecule has 2 fully saturated rings. The summed E-state index contributed by atoms with van der Waals surface area (Å²) in [5.74, 6) is 0.941. The van der Waals surface area contributed by atoms with Crippen molar-refractivity contribution < 1.29 is 18.7 Å². The number of hydrogen-bond acceptors (Lipinski definition) is 8. The molecule has 1 saturated heterocycles. The predicted octanol–water partition coefficient (Wildman–Crippen LogP) is 5.53. The highest BCUT2D eigenvalue weighted by Gasteiger charge is 2.57. The number of carbonyl (C=O) groups is 1. The second-order valence-electron chi connectivity index (χ2n) is 10.8. The van der Waals surface area contributed by atoms with Crippen LogP contribution in [0.2, 0.25) is 0 Å². The Morgan fingerprint density at radius 1 is 1.18 bits per heavy atom. The van der Waals surface area contributed by atoms with Gasteiger partial charge in [0.25, 0.3) is 5.91 Å². The van der Waals surface area contributed by atoms with E-state index >= 15 is 4.39 Å². The normalized spacial score (nSPS) is 17.9. The predicted molar refractivity (Wildman–Crippen MR) is 154 cm³/mol. The van der Waals surface area contributed by atoms with E-state index in [1.807, 2.05) is 24.1 Å². The number of nitrogens with zero attached hydrogens (tertiary/aromatic N) is 5. The lowest BCUT2D eigenvalue weighted by atomic mass is 10.0. The maximum Gasteiger partial charge on any atom is 0.258 e. The summed E-state index contributed by atoms with van der Waals surface area (Å²) in [6, 6.07) is 9.28. The lowest BCUT2D eigenvalue weighted by Crippen LogP contribution is -2.42. The first-order valence-corrected chi connectivity index (χ1v) is 14.2. The van der Waals surface area contributed by atoms with Crippen LogP contribution < -0.4 is 19.7 Å². The zero-order chi connectivity index (χ0) is 28.2. The third-order valence-electron chi connectivity index (χ3n) is 8.38. The molecular formula is C29H32BrFN6O3. The molecule has 9 nitrogen and oxygen atoms in total. The molecule has 0 radical (unpaired) electrons. The summed E-state index contributed by atoms with van der Waals surface area (Å²) < 4.78 is 27.6. The monoisotopic (exact) mass is 610 g/mol. The molecule has 1 aromatic heterocycles. The lowest BCUT2D eigenvalue weighted by molar-refractivity contribution is 0.0753. The van der Waals surface area contributed by atoms with E-state index in [2.05, 4.69) is 55.1 Å². The van der Waals surface area contributed by atoms with Crippen molar-refractivity contribution >= 4 is 39.2 Å². The summed E-state index contributed by atoms with van der Waals surface area (Å²) in [7, 11) is 7.55. The highest BCUT2D eigenvalue weighted by atomic mass is 79.9. The minimum Gasteiger partial charge on any atom is -0.494 e. The van der Waals surface area contributed by atoms with Crippen LogP contribution in [0, 0.1) is 5.82 Å². The zero-order valence-electron chi connectivity index (χ0n) is 23.0. The van der Waals surface area contributed by atoms with Crippen molar-refractivity contribution in [3.63, 3.8) is 0 Å². The van der Waals surface area contributed by atoms with Crippen molar-refractivity contribution in [3.8, 4) is 17.4 Å². The van der Waals surface area contributed by atoms with Crippen molar-refractivity contribution in [3.05, 3.63) is 57.9 Å². The standard InChI is InChI=1S/C29H32BrFN6O3/c1-35(2)17-8-12-37(13-9-17)22-15-24(39-4)21(14-20(22)31)33-28-32-16-19(30)26(34-28)40-23-7-5-6-18-25(23)27(38)36(3)29(18)10-11-29/h5-7,14-17H,8-13H2,1-4H3,(H,32,33,34). The smallest absolute Gasteiger partial charge is 0.258 e. The van der Waals surface area contributed by atoms with E-state index in [0.29, 0.717) is 39.0 Å². The summed E-state index contributed by atoms with van der Waals surface area (Å²) in [4.78, 5) is 28.0. The van der Waals surface area contributed by atoms with Gasteiger partial charge >= 0.3 is 0 Å². The molecule has 11 heteroatoms. The molecule has 210 valence electrons. The number of methoxy groups -OCH3 is 1. The Hall–Kier alpha value is -3.44. The summed E-state index contributed by atoms with van der Waals surface area (Å²) in [5.41, 5.74) is 2.26. The average molecular weight is 612 g/mol. The number of rotatable bonds is 7. The molecule has 1 N–H and O–H groups in total. The van der Waals surface area contributed by atoms with Crippen molar-refractivity contribution in [1.82, 2.24) is 19.8 Å². The van der Waals surface area contributed by atoms with Crippen LogP contribution >= 0.6 is 15.9 Å². The van der Waals surface area contributed by atoms with Gasteiger partial charge in [-0.3, -0.25) is 4.79 Å². The Morgan fingerprint density at radius 3 is 2.60 bits per heavy atom. The van der Waals surface area contributed by atoms with Crippen LogP contribution in [0.1, 0.15) is 41.6 Å². The largest absolute Gasteiger partial charge is 0.494 e. The summed E-state index contributed by atoms with van der Waals surface area (Å²) in [5, 5.41) is 3.07. The van der Waals surface area contributed by atoms with Crippen molar-refractivity contribution in [1.29, 1.82) is 0 Å². The van der Waals surface area contributed by atoms with Crippen LogP contribution in [0.25, 0.3) is 0 Å². The van der Waals surface area contributed by atoms with Crippen molar-refractivity contribution in [2.45, 2.75) is 37.3 Å². The molecule has 1 amide bonds. The summed E-state index contributed by atoms with van der Waals surface area (Å²) in [6.45, 7) is 1.55. The third-order valence-corrected chi connectivity index (χ3v) is 8.93. The quantitative estimate of drug-likeness (QED) is 0.374. The highest BCUT2D eigenvalue weighted by Crippen LogP contribution is 2.57. The van der Waals surface area contributed by atoms with Gasteiger partial charge in [0.2, 0.25) is 11.8 Å². The Kier molecular flexibility index (Phi) is 6.82. The van der Waals surface area contributed by atoms with Crippen molar-refractivity contribution in [2.75, 3.05) is 51.6 Å². The van der Waals surface area contributed by atoms with E-state index in [-0.39, 0.29) is 29.1 Å². The number of piperidine rings is 1. The van der Waals surface area contributed by atoms with Gasteiger partial charge in [-0.25, -0.2) is 9.37 Å². The van der Waals surface area contributed by atoms with Gasteiger partial charge in [0.15, 0.2) is 0 Å². The number of anilines is 3. The fourth-order valence-electron chi connectivity index (χ4n) is 5.87. The van der Waals surface area contributed by atoms with Gasteiger partial charge in [-0.05, 0) is 67.3 Å². The van der Waals surface area contributed by atoms with E-state index < -0.39 is 0 Å². The zero-order valence-corrected chi connectivity index (χ0v) is 24.6. The fraction of sp³-hybridized carbons (Fsp3) is 0.414. The summed E-state index contributed by atoms with van der Waals surface area (Å²) >= 11 is 3.46. The third kappa shape index (κ3) is 4.54. The molecule has 1 saturated carbocycles. The second kappa shape index (κ2) is 10.2. The average Bonchev–Trinajstić information content (AvgIpc) is 3.73. The first kappa shape index (κ1) is 26.8. The van der Waals surface area contributed by atoms with E-state index in [0.717, 1.165) is 44.3 Å². The first-order chi connectivity index (χ1) is 19.2. The van der Waals surface area contributed by atoms with E-state index in [9.17, 15) is 4.79 Å². The minimum absolute atomic E-state index is 0.0575. The second-order valence-corrected chi connectivity index (χ2v) is 11.7. The van der Waals surface area contributed by atoms with Gasteiger partial charge in [0.1, 0.15) is 17.3 Å². The lowest BCUT2D eigenvalue weighted by Gasteiger charge is -2.36. The molecular weight excluding hydrogens is 579 g/mol. The molecule has 0 unspecified atom stereocenters. The topological polar surface area (TPSA) is 83.1 Å². The number of aromatic nitrogens is 2. The molecule has 3 aromatic rings. The minimum atomic E-state index is -0.350. The maximum atomic E-state index is 15.3. The van der Waals surface area contributed by atoms with Crippen LogP contribution in [0.4, 0.5) is 21.7 Å². The number of halogens is 2. The Bertz CT molecular complexity index is 1470. The fourth-order valence-corrected chi connectivity index (χ4v) is 6.15. The molecule has 2 aromatic carbocycles. The number of ether oxygens (including phenoxy) is 2. The van der Waals surface area contributed by atoms with Crippen LogP contribution in [-0.4, -0.2) is 73.1 Å². The SMILES string of the molecule is COc1cc(N2CCC(N(C)C)CC2)c(F)cc1Nc1ncc(Br)c(Oc2cccc3c2C(=O)N(C)C32CC2)n1. The molecule has 2 aliphatic heterocycles. The van der Waals surface area contributed by atoms with Gasteiger partial charge in [0, 0.05) is 38.3 Å². The number of hydrogen-bond donors (Lipinski definition) is 1. The van der Waals surface area contributed by atoms with Crippen LogP contribution in [0.3, 0.4) is 0 Å². The number of fused-ring (bicyclic) bond motifs is 2. The molecule has 0 bridgehead atoms. The Labute approximate surface area is 241 Å². The molecule has 40 heavy (non-hydrogen) atoms. The molecule has 3 heterocycles. The Morgan fingerprint density at radius 2 is 1.93 bits per heavy atom. The number of benzene rings is 2. The number of nitrogens with one attached hydrogen (secondary N) is 1. The van der Waals surface area contributed by atoms with Crippen LogP contribution in [0.5, 0.6) is 17.4 Å². The van der Waals surface area contributed by atoms with Crippen LogP contribution in [-0.2, 0) is 5.54 Å². The van der Waals surface area contributed by atoms with E-state index in [1.54, 1.807) is 25.4 Å². The van der Waals surface area contributed by atoms with Gasteiger partial charge in [-0.1, -0.05) is 12.1 Å². The van der Waals surface area contributed by atoms with Crippen molar-refractivity contribution in [2.24, 2.45) is 0 Å². The number of amides is 1. The maximum absolute atomic E-state index is 15.3.